The molecule has 0 bridgehead atoms. The Morgan fingerprint density at radius 2 is 1.67 bits per heavy atom. The van der Waals surface area contributed by atoms with Gasteiger partial charge >= 0.3 is 6.61 Å². The molecule has 0 N–H and O–H groups in total. The quantitative estimate of drug-likeness (QED) is 0.345. The van der Waals surface area contributed by atoms with Crippen LogP contribution in [0.5, 0.6) is 5.75 Å². The van der Waals surface area contributed by atoms with Gasteiger partial charge in [-0.25, -0.2) is 13.2 Å². The van der Waals surface area contributed by atoms with E-state index in [1.54, 1.807) is 24.3 Å². The first-order chi connectivity index (χ1) is 12.9. The second kappa shape index (κ2) is 7.78. The number of rotatable bonds is 6. The molecule has 0 aromatic heterocycles. The van der Waals surface area contributed by atoms with Gasteiger partial charge in [0.15, 0.2) is 17.4 Å². The Bertz CT molecular complexity index is 974. The number of ether oxygens (including phenoxy) is 1. The van der Waals surface area contributed by atoms with Gasteiger partial charge in [-0.2, -0.15) is 8.78 Å². The molecule has 0 atom stereocenters. The molecular formula is C21H15F5O. The summed E-state index contributed by atoms with van der Waals surface area (Å²) in [5, 5.41) is 0.944. The molecule has 0 saturated heterocycles. The number of allylic oxidation sites excluding steroid dienone is 1. The van der Waals surface area contributed by atoms with Gasteiger partial charge in [-0.1, -0.05) is 36.4 Å². The molecule has 3 rings (SSSR count). The highest BCUT2D eigenvalue weighted by molar-refractivity contribution is 5.88. The molecule has 3 aromatic carbocycles. The maximum absolute atomic E-state index is 14.9. The van der Waals surface area contributed by atoms with Gasteiger partial charge < -0.3 is 4.74 Å². The van der Waals surface area contributed by atoms with Crippen molar-refractivity contribution in [3.05, 3.63) is 78.1 Å². The Morgan fingerprint density at radius 3 is 2.30 bits per heavy atom. The summed E-state index contributed by atoms with van der Waals surface area (Å²) < 4.78 is 71.1. The topological polar surface area (TPSA) is 9.23 Å². The zero-order valence-electron chi connectivity index (χ0n) is 14.1. The fraction of sp³-hybridized carbons (Fsp3) is 0.143. The van der Waals surface area contributed by atoms with Gasteiger partial charge in [0, 0.05) is 10.9 Å². The summed E-state index contributed by atoms with van der Waals surface area (Å²) in [5.41, 5.74) is 0.865. The molecule has 0 aliphatic heterocycles. The monoisotopic (exact) mass is 378 g/mol. The summed E-state index contributed by atoms with van der Waals surface area (Å²) in [6, 6.07) is 9.80. The van der Waals surface area contributed by atoms with Gasteiger partial charge in [-0.15, -0.1) is 6.58 Å². The van der Waals surface area contributed by atoms with Gasteiger partial charge in [-0.3, -0.25) is 0 Å². The van der Waals surface area contributed by atoms with Crippen LogP contribution in [-0.4, -0.2) is 6.61 Å². The first kappa shape index (κ1) is 18.9. The fourth-order valence-corrected chi connectivity index (χ4v) is 2.91. The Balaban J connectivity index is 2.04. The maximum atomic E-state index is 14.9. The highest BCUT2D eigenvalue weighted by Gasteiger charge is 2.19. The van der Waals surface area contributed by atoms with Crippen LogP contribution in [0.1, 0.15) is 12.0 Å². The summed E-state index contributed by atoms with van der Waals surface area (Å²) in [5.74, 6) is -4.50. The van der Waals surface area contributed by atoms with E-state index in [1.165, 1.54) is 6.07 Å². The largest absolute Gasteiger partial charge is 0.429 e. The van der Waals surface area contributed by atoms with Crippen molar-refractivity contribution >= 4 is 10.8 Å². The molecule has 0 radical (unpaired) electrons. The van der Waals surface area contributed by atoms with E-state index in [4.69, 9.17) is 0 Å². The van der Waals surface area contributed by atoms with E-state index < -0.39 is 29.8 Å². The molecule has 0 aliphatic carbocycles. The Labute approximate surface area is 152 Å². The lowest BCUT2D eigenvalue weighted by Gasteiger charge is -2.11. The van der Waals surface area contributed by atoms with E-state index in [0.717, 1.165) is 30.5 Å². The second-order valence-electron chi connectivity index (χ2n) is 5.96. The van der Waals surface area contributed by atoms with Crippen LogP contribution in [0, 0.1) is 17.5 Å². The Morgan fingerprint density at radius 1 is 0.963 bits per heavy atom. The average molecular weight is 378 g/mol. The van der Waals surface area contributed by atoms with Crippen molar-refractivity contribution in [1.82, 2.24) is 0 Å². The Kier molecular flexibility index (Phi) is 5.44. The Hall–Kier alpha value is -2.89. The lowest BCUT2D eigenvalue weighted by molar-refractivity contribution is -0.0546. The van der Waals surface area contributed by atoms with Crippen LogP contribution in [0.25, 0.3) is 21.9 Å². The number of halogens is 5. The molecule has 140 valence electrons. The van der Waals surface area contributed by atoms with Crippen molar-refractivity contribution in [2.75, 3.05) is 0 Å². The summed E-state index contributed by atoms with van der Waals surface area (Å²) in [6.07, 6.45) is 3.35. The van der Waals surface area contributed by atoms with Crippen LogP contribution in [0.4, 0.5) is 22.0 Å². The molecule has 0 saturated carbocycles. The molecule has 6 heteroatoms. The summed E-state index contributed by atoms with van der Waals surface area (Å²) in [4.78, 5) is 0. The van der Waals surface area contributed by atoms with E-state index in [-0.39, 0.29) is 11.1 Å². The molecule has 3 aromatic rings. The van der Waals surface area contributed by atoms with Crippen molar-refractivity contribution in [2.24, 2.45) is 0 Å². The predicted octanol–water partition coefficient (Wildman–Crippen LogP) is 6.64. The van der Waals surface area contributed by atoms with E-state index in [9.17, 15) is 22.0 Å². The number of aryl methyl sites for hydroxylation is 1. The van der Waals surface area contributed by atoms with Crippen molar-refractivity contribution in [3.63, 3.8) is 0 Å². The second-order valence-corrected chi connectivity index (χ2v) is 5.96. The third-order valence-electron chi connectivity index (χ3n) is 4.17. The lowest BCUT2D eigenvalue weighted by atomic mass is 9.97. The van der Waals surface area contributed by atoms with Crippen LogP contribution in [0.15, 0.2) is 55.1 Å². The van der Waals surface area contributed by atoms with Gasteiger partial charge in [-0.05, 0) is 41.5 Å². The first-order valence-electron chi connectivity index (χ1n) is 8.17. The van der Waals surface area contributed by atoms with Gasteiger partial charge in [0.1, 0.15) is 5.82 Å². The third-order valence-corrected chi connectivity index (χ3v) is 4.17. The summed E-state index contributed by atoms with van der Waals surface area (Å²) in [7, 11) is 0. The SMILES string of the molecule is C=CCCc1ccc2c(F)c(-c3cc(F)c(OC(F)F)c(F)c3)ccc2c1. The fourth-order valence-electron chi connectivity index (χ4n) is 2.91. The van der Waals surface area contributed by atoms with Gasteiger partial charge in [0.2, 0.25) is 0 Å². The first-order valence-corrected chi connectivity index (χ1v) is 8.17. The lowest BCUT2D eigenvalue weighted by Crippen LogP contribution is -2.06. The molecule has 27 heavy (non-hydrogen) atoms. The number of alkyl halides is 2. The number of fused-ring (bicyclic) bond motifs is 1. The molecule has 1 nitrogen and oxygen atoms in total. The van der Waals surface area contributed by atoms with E-state index in [1.807, 2.05) is 6.07 Å². The van der Waals surface area contributed by atoms with E-state index in [0.29, 0.717) is 10.8 Å². The zero-order valence-corrected chi connectivity index (χ0v) is 14.1. The minimum absolute atomic E-state index is 0.0391. The van der Waals surface area contributed by atoms with Gasteiger partial charge in [0.25, 0.3) is 0 Å². The molecule has 0 spiro atoms. The summed E-state index contributed by atoms with van der Waals surface area (Å²) >= 11 is 0. The average Bonchev–Trinajstić information content (AvgIpc) is 2.63. The maximum Gasteiger partial charge on any atom is 0.387 e. The minimum atomic E-state index is -3.37. The van der Waals surface area contributed by atoms with Crippen molar-refractivity contribution < 1.29 is 26.7 Å². The molecule has 0 fully saturated rings. The van der Waals surface area contributed by atoms with Crippen LogP contribution in [0.3, 0.4) is 0 Å². The molecule has 0 aliphatic rings. The highest BCUT2D eigenvalue weighted by atomic mass is 19.3. The predicted molar refractivity (Wildman–Crippen MR) is 94.4 cm³/mol. The van der Waals surface area contributed by atoms with Crippen LogP contribution in [-0.2, 0) is 6.42 Å². The van der Waals surface area contributed by atoms with Gasteiger partial charge in [0.05, 0.1) is 0 Å². The smallest absolute Gasteiger partial charge is 0.387 e. The number of benzene rings is 3. The van der Waals surface area contributed by atoms with Crippen molar-refractivity contribution in [2.45, 2.75) is 19.5 Å². The van der Waals surface area contributed by atoms with Crippen molar-refractivity contribution in [1.29, 1.82) is 0 Å². The van der Waals surface area contributed by atoms with Crippen LogP contribution < -0.4 is 4.74 Å². The standard InChI is InChI=1S/C21H15F5O/c1-2-3-4-12-5-7-15-13(9-12)6-8-16(19(15)24)14-10-17(22)20(18(23)11-14)27-21(25)26/h2,5-11,21H,1,3-4H2. The zero-order chi connectivity index (χ0) is 19.6. The molecule has 0 heterocycles. The highest BCUT2D eigenvalue weighted by Crippen LogP contribution is 2.34. The molecule has 0 unspecified atom stereocenters. The normalized spacial score (nSPS) is 11.2. The number of hydrogen-bond acceptors (Lipinski definition) is 1. The molecule has 0 amide bonds. The van der Waals surface area contributed by atoms with Crippen molar-refractivity contribution in [3.8, 4) is 16.9 Å². The van der Waals surface area contributed by atoms with E-state index in [2.05, 4.69) is 11.3 Å². The number of hydrogen-bond donors (Lipinski definition) is 0. The molecular weight excluding hydrogens is 363 g/mol. The third kappa shape index (κ3) is 3.94. The summed E-state index contributed by atoms with van der Waals surface area (Å²) in [6.45, 7) is 0.294. The minimum Gasteiger partial charge on any atom is -0.429 e. The van der Waals surface area contributed by atoms with Crippen LogP contribution >= 0.6 is 0 Å². The van der Waals surface area contributed by atoms with Crippen LogP contribution in [0.2, 0.25) is 0 Å². The van der Waals surface area contributed by atoms with E-state index >= 15 is 0 Å².